The van der Waals surface area contributed by atoms with Crippen LogP contribution in [0.25, 0.3) is 0 Å². The molecular formula is C11H19NO4. The van der Waals surface area contributed by atoms with E-state index >= 15 is 0 Å². The first kappa shape index (κ1) is 13.0. The molecule has 2 atom stereocenters. The summed E-state index contributed by atoms with van der Waals surface area (Å²) in [6, 6.07) is 0. The molecule has 2 N–H and O–H groups in total. The van der Waals surface area contributed by atoms with Crippen LogP contribution in [0.4, 0.5) is 0 Å². The zero-order chi connectivity index (χ0) is 12.3. The van der Waals surface area contributed by atoms with Gasteiger partial charge in [-0.3, -0.25) is 9.59 Å². The smallest absolute Gasteiger partial charge is 0.321 e. The Morgan fingerprint density at radius 2 is 2.06 bits per heavy atom. The van der Waals surface area contributed by atoms with Crippen molar-refractivity contribution in [3.63, 3.8) is 0 Å². The lowest BCUT2D eigenvalue weighted by Gasteiger charge is -2.24. The number of aliphatic carboxylic acids is 1. The number of esters is 1. The van der Waals surface area contributed by atoms with Gasteiger partial charge >= 0.3 is 11.9 Å². The Balaban J connectivity index is 2.70. The van der Waals surface area contributed by atoms with E-state index in [0.717, 1.165) is 6.54 Å². The number of carbonyl (C=O) groups is 2. The van der Waals surface area contributed by atoms with E-state index in [1.165, 1.54) is 0 Å². The van der Waals surface area contributed by atoms with E-state index in [1.807, 2.05) is 0 Å². The van der Waals surface area contributed by atoms with Crippen LogP contribution in [0, 0.1) is 11.8 Å². The summed E-state index contributed by atoms with van der Waals surface area (Å²) >= 11 is 0. The summed E-state index contributed by atoms with van der Waals surface area (Å²) in [6.45, 7) is 6.53. The van der Waals surface area contributed by atoms with Crippen molar-refractivity contribution >= 4 is 11.9 Å². The van der Waals surface area contributed by atoms with Crippen molar-refractivity contribution in [3.8, 4) is 0 Å². The summed E-state index contributed by atoms with van der Waals surface area (Å²) in [7, 11) is 0. The second-order valence-corrected chi connectivity index (χ2v) is 5.10. The predicted molar refractivity (Wildman–Crippen MR) is 57.9 cm³/mol. The highest BCUT2D eigenvalue weighted by Gasteiger charge is 2.39. The molecule has 1 heterocycles. The first-order chi connectivity index (χ1) is 7.31. The number of rotatable bonds is 3. The van der Waals surface area contributed by atoms with Crippen LogP contribution in [0.2, 0.25) is 0 Å². The third-order valence-electron chi connectivity index (χ3n) is 2.50. The molecule has 0 aromatic heterocycles. The fraction of sp³-hybridized carbons (Fsp3) is 0.818. The van der Waals surface area contributed by atoms with Gasteiger partial charge in [-0.25, -0.2) is 0 Å². The molecule has 0 amide bonds. The van der Waals surface area contributed by atoms with Gasteiger partial charge < -0.3 is 15.2 Å². The van der Waals surface area contributed by atoms with E-state index in [1.54, 1.807) is 20.8 Å². The molecule has 2 unspecified atom stereocenters. The molecule has 1 rings (SSSR count). The Hall–Kier alpha value is -1.10. The summed E-state index contributed by atoms with van der Waals surface area (Å²) in [5.41, 5.74) is -0.642. The van der Waals surface area contributed by atoms with Gasteiger partial charge in [0.15, 0.2) is 5.92 Å². The fourth-order valence-corrected chi connectivity index (χ4v) is 1.82. The summed E-state index contributed by atoms with van der Waals surface area (Å²) in [5, 5.41) is 12.1. The summed E-state index contributed by atoms with van der Waals surface area (Å²) < 4.78 is 5.13. The van der Waals surface area contributed by atoms with Crippen LogP contribution in [0.15, 0.2) is 0 Å². The van der Waals surface area contributed by atoms with E-state index in [4.69, 9.17) is 9.84 Å². The highest BCUT2D eigenvalue weighted by molar-refractivity contribution is 5.94. The van der Waals surface area contributed by atoms with Crippen LogP contribution in [-0.4, -0.2) is 35.7 Å². The van der Waals surface area contributed by atoms with E-state index in [9.17, 15) is 9.59 Å². The molecule has 16 heavy (non-hydrogen) atoms. The third-order valence-corrected chi connectivity index (χ3v) is 2.50. The predicted octanol–water partition coefficient (Wildman–Crippen LogP) is 0.638. The van der Waals surface area contributed by atoms with Crippen molar-refractivity contribution < 1.29 is 19.4 Å². The molecule has 92 valence electrons. The second kappa shape index (κ2) is 4.82. The van der Waals surface area contributed by atoms with Gasteiger partial charge in [0.2, 0.25) is 0 Å². The molecule has 0 saturated carbocycles. The van der Waals surface area contributed by atoms with Crippen LogP contribution in [0.1, 0.15) is 27.2 Å². The van der Waals surface area contributed by atoms with Gasteiger partial charge in [0.1, 0.15) is 5.60 Å². The SMILES string of the molecule is CC(C)(C)OC(=O)C(C(=O)O)C1CCNC1. The Bertz CT molecular complexity index is 276. The summed E-state index contributed by atoms with van der Waals surface area (Å²) in [5.74, 6) is -2.93. The lowest BCUT2D eigenvalue weighted by Crippen LogP contribution is -2.37. The van der Waals surface area contributed by atoms with Crippen LogP contribution >= 0.6 is 0 Å². The fourth-order valence-electron chi connectivity index (χ4n) is 1.82. The van der Waals surface area contributed by atoms with Gasteiger partial charge in [-0.1, -0.05) is 0 Å². The standard InChI is InChI=1S/C11H19NO4/c1-11(2,3)16-10(15)8(9(13)14)7-4-5-12-6-7/h7-8,12H,4-6H2,1-3H3,(H,13,14). The Labute approximate surface area is 95.2 Å². The normalized spacial score (nSPS) is 22.8. The molecule has 5 heteroatoms. The largest absolute Gasteiger partial charge is 0.481 e. The van der Waals surface area contributed by atoms with Gasteiger partial charge in [-0.15, -0.1) is 0 Å². The number of ether oxygens (including phenoxy) is 1. The number of carbonyl (C=O) groups excluding carboxylic acids is 1. The maximum atomic E-state index is 11.8. The van der Waals surface area contributed by atoms with Crippen LogP contribution in [0.3, 0.4) is 0 Å². The van der Waals surface area contributed by atoms with Crippen LogP contribution in [-0.2, 0) is 14.3 Å². The zero-order valence-corrected chi connectivity index (χ0v) is 9.95. The van der Waals surface area contributed by atoms with Gasteiger partial charge in [0.05, 0.1) is 0 Å². The Morgan fingerprint density at radius 3 is 2.44 bits per heavy atom. The van der Waals surface area contributed by atoms with Crippen molar-refractivity contribution in [2.75, 3.05) is 13.1 Å². The highest BCUT2D eigenvalue weighted by atomic mass is 16.6. The Kier molecular flexibility index (Phi) is 3.91. The Morgan fingerprint density at radius 1 is 1.44 bits per heavy atom. The molecular weight excluding hydrogens is 210 g/mol. The minimum atomic E-state index is -1.09. The molecule has 5 nitrogen and oxygen atoms in total. The van der Waals surface area contributed by atoms with Crippen molar-refractivity contribution in [1.29, 1.82) is 0 Å². The summed E-state index contributed by atoms with van der Waals surface area (Å²) in [4.78, 5) is 22.8. The van der Waals surface area contributed by atoms with E-state index < -0.39 is 23.5 Å². The number of nitrogens with one attached hydrogen (secondary N) is 1. The number of hydrogen-bond donors (Lipinski definition) is 2. The van der Waals surface area contributed by atoms with Crippen molar-refractivity contribution in [3.05, 3.63) is 0 Å². The zero-order valence-electron chi connectivity index (χ0n) is 9.95. The number of carboxylic acids is 1. The maximum Gasteiger partial charge on any atom is 0.321 e. The molecule has 1 saturated heterocycles. The van der Waals surface area contributed by atoms with Crippen molar-refractivity contribution in [2.45, 2.75) is 32.8 Å². The minimum absolute atomic E-state index is 0.160. The molecule has 0 aromatic rings. The van der Waals surface area contributed by atoms with E-state index in [-0.39, 0.29) is 5.92 Å². The van der Waals surface area contributed by atoms with Crippen molar-refractivity contribution in [2.24, 2.45) is 11.8 Å². The molecule has 1 fully saturated rings. The van der Waals surface area contributed by atoms with Gasteiger partial charge in [0.25, 0.3) is 0 Å². The number of hydrogen-bond acceptors (Lipinski definition) is 4. The van der Waals surface area contributed by atoms with E-state index in [2.05, 4.69) is 5.32 Å². The van der Waals surface area contributed by atoms with Crippen molar-refractivity contribution in [1.82, 2.24) is 5.32 Å². The van der Waals surface area contributed by atoms with Crippen LogP contribution < -0.4 is 5.32 Å². The quantitative estimate of drug-likeness (QED) is 0.548. The molecule has 0 radical (unpaired) electrons. The number of carboxylic acid groups (broad SMARTS) is 1. The molecule has 0 aromatic carbocycles. The average molecular weight is 229 g/mol. The lowest BCUT2D eigenvalue weighted by molar-refractivity contribution is -0.169. The first-order valence-corrected chi connectivity index (χ1v) is 5.47. The van der Waals surface area contributed by atoms with Gasteiger partial charge in [-0.05, 0) is 46.2 Å². The monoisotopic (exact) mass is 229 g/mol. The molecule has 1 aliphatic rings. The first-order valence-electron chi connectivity index (χ1n) is 5.47. The molecule has 0 spiro atoms. The van der Waals surface area contributed by atoms with E-state index in [0.29, 0.717) is 13.0 Å². The van der Waals surface area contributed by atoms with Gasteiger partial charge in [0, 0.05) is 0 Å². The maximum absolute atomic E-state index is 11.8. The minimum Gasteiger partial charge on any atom is -0.481 e. The third kappa shape index (κ3) is 3.48. The van der Waals surface area contributed by atoms with Crippen LogP contribution in [0.5, 0.6) is 0 Å². The lowest BCUT2D eigenvalue weighted by atomic mass is 9.91. The average Bonchev–Trinajstić information content (AvgIpc) is 2.52. The second-order valence-electron chi connectivity index (χ2n) is 5.10. The highest BCUT2D eigenvalue weighted by Crippen LogP contribution is 2.23. The molecule has 0 bridgehead atoms. The topological polar surface area (TPSA) is 75.6 Å². The molecule has 0 aliphatic carbocycles. The van der Waals surface area contributed by atoms with Gasteiger partial charge in [-0.2, -0.15) is 0 Å². The summed E-state index contributed by atoms with van der Waals surface area (Å²) in [6.07, 6.45) is 0.705. The molecule has 1 aliphatic heterocycles.